The molecule has 0 saturated heterocycles. The van der Waals surface area contributed by atoms with E-state index in [-0.39, 0.29) is 10.8 Å². The smallest absolute Gasteiger partial charge is 0.0973 e. The Morgan fingerprint density at radius 3 is 2.50 bits per heavy atom. The highest BCUT2D eigenvalue weighted by molar-refractivity contribution is 7.84. The molecule has 0 amide bonds. The largest absolute Gasteiger partial charge is 0.388 e. The lowest BCUT2D eigenvalue weighted by molar-refractivity contribution is -0.0929. The van der Waals surface area contributed by atoms with E-state index in [1.54, 1.807) is 0 Å². The van der Waals surface area contributed by atoms with Crippen LogP contribution in [0.5, 0.6) is 0 Å². The molecule has 2 N–H and O–H groups in total. The van der Waals surface area contributed by atoms with Crippen molar-refractivity contribution in [3.05, 3.63) is 0 Å². The van der Waals surface area contributed by atoms with Crippen molar-refractivity contribution >= 4 is 11.0 Å². The van der Waals surface area contributed by atoms with Crippen LogP contribution >= 0.6 is 0 Å². The number of hydrogen-bond acceptors (Lipinski definition) is 2. The molecule has 2 aliphatic carbocycles. The summed E-state index contributed by atoms with van der Waals surface area (Å²) in [7, 11) is -1.09. The van der Waals surface area contributed by atoms with Crippen molar-refractivity contribution in [1.29, 1.82) is 0 Å². The van der Waals surface area contributed by atoms with Crippen molar-refractivity contribution in [2.45, 2.75) is 82.1 Å². The average Bonchev–Trinajstić information content (AvgIpc) is 2.28. The lowest BCUT2D eigenvalue weighted by Crippen LogP contribution is -2.60. The van der Waals surface area contributed by atoms with Gasteiger partial charge in [0.2, 0.25) is 0 Å². The number of aliphatic hydroxyl groups is 1. The second-order valence-electron chi connectivity index (χ2n) is 6.92. The Labute approximate surface area is 113 Å². The first-order chi connectivity index (χ1) is 8.34. The van der Waals surface area contributed by atoms with E-state index in [1.165, 1.54) is 6.42 Å². The summed E-state index contributed by atoms with van der Waals surface area (Å²) in [4.78, 5) is 0. The van der Waals surface area contributed by atoms with Crippen molar-refractivity contribution in [2.24, 2.45) is 5.92 Å². The first-order valence-electron chi connectivity index (χ1n) is 7.24. The monoisotopic (exact) mass is 273 g/mol. The molecule has 0 heterocycles. The summed E-state index contributed by atoms with van der Waals surface area (Å²) in [5, 5.41) is 11.0. The molecular weight excluding hydrogens is 246 g/mol. The van der Waals surface area contributed by atoms with Gasteiger partial charge in [0.1, 0.15) is 0 Å². The van der Waals surface area contributed by atoms with Crippen LogP contribution in [-0.2, 0) is 11.0 Å². The summed E-state index contributed by atoms with van der Waals surface area (Å²) in [5.74, 6) is 0.412. The minimum atomic E-state index is -1.09. The third kappa shape index (κ3) is 2.81. The standard InChI is InChI=1S/C14H27NO2S/c1-13(2,3)18(17)15-12-9-6-8-11-7-4-5-10-14(11,12)16/h11-12,15-16H,4-10H2,1-3H3/t11?,12-,14-,18?/m0/s1. The third-order valence-corrected chi connectivity index (χ3v) is 6.15. The molecule has 106 valence electrons. The Kier molecular flexibility index (Phi) is 4.20. The first-order valence-corrected chi connectivity index (χ1v) is 8.39. The van der Waals surface area contributed by atoms with Crippen molar-refractivity contribution in [2.75, 3.05) is 0 Å². The molecule has 0 aromatic carbocycles. The fourth-order valence-electron chi connectivity index (χ4n) is 3.39. The van der Waals surface area contributed by atoms with Crippen LogP contribution in [0.4, 0.5) is 0 Å². The number of hydrogen-bond donors (Lipinski definition) is 2. The fourth-order valence-corrected chi connectivity index (χ4v) is 4.33. The molecule has 18 heavy (non-hydrogen) atoms. The maximum atomic E-state index is 12.2. The molecule has 0 aromatic heterocycles. The van der Waals surface area contributed by atoms with Gasteiger partial charge in [0.25, 0.3) is 0 Å². The summed E-state index contributed by atoms with van der Waals surface area (Å²) in [6.07, 6.45) is 7.58. The number of rotatable bonds is 2. The van der Waals surface area contributed by atoms with Crippen LogP contribution in [0.3, 0.4) is 0 Å². The summed E-state index contributed by atoms with van der Waals surface area (Å²) in [5.41, 5.74) is -0.614. The summed E-state index contributed by atoms with van der Waals surface area (Å²) in [6.45, 7) is 5.92. The zero-order valence-electron chi connectivity index (χ0n) is 11.9. The van der Waals surface area contributed by atoms with Crippen LogP contribution in [0.25, 0.3) is 0 Å². The van der Waals surface area contributed by atoms with Crippen molar-refractivity contribution in [1.82, 2.24) is 4.72 Å². The molecule has 0 aromatic rings. The van der Waals surface area contributed by atoms with Gasteiger partial charge in [0.05, 0.1) is 21.3 Å². The van der Waals surface area contributed by atoms with Gasteiger partial charge in [-0.15, -0.1) is 0 Å². The maximum absolute atomic E-state index is 12.2. The third-order valence-electron chi connectivity index (χ3n) is 4.54. The van der Waals surface area contributed by atoms with Crippen LogP contribution in [0.2, 0.25) is 0 Å². The molecule has 0 aliphatic heterocycles. The second-order valence-corrected chi connectivity index (χ2v) is 8.91. The lowest BCUT2D eigenvalue weighted by Gasteiger charge is -2.49. The molecular formula is C14H27NO2S. The Hall–Kier alpha value is 0.0700. The van der Waals surface area contributed by atoms with Crippen molar-refractivity contribution in [3.8, 4) is 0 Å². The van der Waals surface area contributed by atoms with Gasteiger partial charge in [-0.1, -0.05) is 19.3 Å². The molecule has 2 unspecified atom stereocenters. The highest BCUT2D eigenvalue weighted by atomic mass is 32.2. The Balaban J connectivity index is 2.09. The minimum Gasteiger partial charge on any atom is -0.388 e. The molecule has 0 bridgehead atoms. The average molecular weight is 273 g/mol. The maximum Gasteiger partial charge on any atom is 0.0973 e. The molecule has 2 rings (SSSR count). The van der Waals surface area contributed by atoms with E-state index >= 15 is 0 Å². The van der Waals surface area contributed by atoms with E-state index in [2.05, 4.69) is 4.72 Å². The van der Waals surface area contributed by atoms with E-state index in [0.29, 0.717) is 5.92 Å². The van der Waals surface area contributed by atoms with Gasteiger partial charge in [-0.05, 0) is 52.4 Å². The number of fused-ring (bicyclic) bond motifs is 1. The summed E-state index contributed by atoms with van der Waals surface area (Å²) in [6, 6.07) is 0.0107. The second kappa shape index (κ2) is 5.22. The topological polar surface area (TPSA) is 49.3 Å². The quantitative estimate of drug-likeness (QED) is 0.812. The predicted octanol–water partition coefficient (Wildman–Crippen LogP) is 2.51. The molecule has 3 nitrogen and oxygen atoms in total. The van der Waals surface area contributed by atoms with E-state index in [1.807, 2.05) is 20.8 Å². The van der Waals surface area contributed by atoms with Gasteiger partial charge >= 0.3 is 0 Å². The molecule has 2 aliphatic rings. The molecule has 2 saturated carbocycles. The number of nitrogens with one attached hydrogen (secondary N) is 1. The highest BCUT2D eigenvalue weighted by Gasteiger charge is 2.48. The summed E-state index contributed by atoms with van der Waals surface area (Å²) < 4.78 is 15.2. The van der Waals surface area contributed by atoms with E-state index in [9.17, 15) is 9.32 Å². The Bertz CT molecular complexity index is 324. The van der Waals surface area contributed by atoms with Crippen LogP contribution in [0.1, 0.15) is 65.7 Å². The van der Waals surface area contributed by atoms with Crippen molar-refractivity contribution in [3.63, 3.8) is 0 Å². The molecule has 0 spiro atoms. The van der Waals surface area contributed by atoms with Gasteiger partial charge in [0, 0.05) is 6.04 Å². The normalized spacial score (nSPS) is 39.1. The van der Waals surface area contributed by atoms with Gasteiger partial charge < -0.3 is 5.11 Å². The van der Waals surface area contributed by atoms with E-state index in [4.69, 9.17) is 0 Å². The molecule has 4 atom stereocenters. The van der Waals surface area contributed by atoms with Gasteiger partial charge in [-0.25, -0.2) is 8.93 Å². The predicted molar refractivity (Wildman–Crippen MR) is 75.6 cm³/mol. The van der Waals surface area contributed by atoms with Gasteiger partial charge in [-0.3, -0.25) is 0 Å². The molecule has 4 heteroatoms. The zero-order chi connectivity index (χ0) is 13.4. The minimum absolute atomic E-state index is 0.0107. The molecule has 2 fully saturated rings. The Morgan fingerprint density at radius 1 is 1.17 bits per heavy atom. The zero-order valence-corrected chi connectivity index (χ0v) is 12.7. The first kappa shape index (κ1) is 14.5. The van der Waals surface area contributed by atoms with Crippen LogP contribution in [-0.4, -0.2) is 25.7 Å². The van der Waals surface area contributed by atoms with Crippen LogP contribution in [0, 0.1) is 5.92 Å². The van der Waals surface area contributed by atoms with Crippen LogP contribution < -0.4 is 4.72 Å². The lowest BCUT2D eigenvalue weighted by atomic mass is 9.65. The van der Waals surface area contributed by atoms with Gasteiger partial charge in [-0.2, -0.15) is 0 Å². The van der Waals surface area contributed by atoms with E-state index < -0.39 is 16.6 Å². The SMILES string of the molecule is CC(C)(C)S(=O)N[C@H]1CCCC2CCCC[C@]21O. The summed E-state index contributed by atoms with van der Waals surface area (Å²) >= 11 is 0. The van der Waals surface area contributed by atoms with Crippen molar-refractivity contribution < 1.29 is 9.32 Å². The van der Waals surface area contributed by atoms with E-state index in [0.717, 1.165) is 38.5 Å². The molecule has 0 radical (unpaired) electrons. The van der Waals surface area contributed by atoms with Crippen LogP contribution in [0.15, 0.2) is 0 Å². The fraction of sp³-hybridized carbons (Fsp3) is 1.00. The van der Waals surface area contributed by atoms with Gasteiger partial charge in [0.15, 0.2) is 0 Å². The Morgan fingerprint density at radius 2 is 1.83 bits per heavy atom. The highest BCUT2D eigenvalue weighted by Crippen LogP contribution is 2.44.